The Balaban J connectivity index is 2.94. The Morgan fingerprint density at radius 2 is 1.72 bits per heavy atom. The fourth-order valence-electron chi connectivity index (χ4n) is 2.13. The summed E-state index contributed by atoms with van der Waals surface area (Å²) in [4.78, 5) is 11.0. The number of benzene rings is 1. The lowest BCUT2D eigenvalue weighted by Gasteiger charge is -2.28. The summed E-state index contributed by atoms with van der Waals surface area (Å²) in [6.07, 6.45) is 0. The number of nitrogens with two attached hydrogens (primary N) is 2. The first-order chi connectivity index (χ1) is 8.32. The number of hydrogen-bond acceptors (Lipinski definition) is 3. The van der Waals surface area contributed by atoms with Crippen LogP contribution in [0.3, 0.4) is 0 Å². The minimum Gasteiger partial charge on any atom is -0.397 e. The SMILES string of the molecule is CC(C)C(Nc1ccc(C(N)=O)cc1N)C(C)C. The fraction of sp³-hybridized carbons (Fsp3) is 0.500. The zero-order chi connectivity index (χ0) is 13.9. The fourth-order valence-corrected chi connectivity index (χ4v) is 2.13. The average molecular weight is 249 g/mol. The van der Waals surface area contributed by atoms with Gasteiger partial charge in [0, 0.05) is 11.6 Å². The van der Waals surface area contributed by atoms with Crippen LogP contribution in [0.4, 0.5) is 11.4 Å². The Hall–Kier alpha value is -1.71. The van der Waals surface area contributed by atoms with Crippen LogP contribution in [0.15, 0.2) is 18.2 Å². The van der Waals surface area contributed by atoms with Crippen LogP contribution in [0.5, 0.6) is 0 Å². The van der Waals surface area contributed by atoms with E-state index in [2.05, 4.69) is 33.0 Å². The van der Waals surface area contributed by atoms with Gasteiger partial charge < -0.3 is 16.8 Å². The molecule has 0 aromatic heterocycles. The molecule has 0 unspecified atom stereocenters. The Kier molecular flexibility index (Phi) is 4.59. The molecule has 1 amide bonds. The van der Waals surface area contributed by atoms with E-state index in [1.165, 1.54) is 0 Å². The van der Waals surface area contributed by atoms with Crippen molar-refractivity contribution in [2.75, 3.05) is 11.1 Å². The molecule has 0 radical (unpaired) electrons. The highest BCUT2D eigenvalue weighted by atomic mass is 16.1. The molecule has 1 aromatic rings. The molecule has 100 valence electrons. The number of carbonyl (C=O) groups is 1. The third-order valence-electron chi connectivity index (χ3n) is 3.09. The minimum absolute atomic E-state index is 0.340. The Labute approximate surface area is 109 Å². The van der Waals surface area contributed by atoms with Crippen molar-refractivity contribution < 1.29 is 4.79 Å². The molecule has 0 aliphatic carbocycles. The molecule has 1 rings (SSSR count). The number of carbonyl (C=O) groups excluding carboxylic acids is 1. The molecule has 18 heavy (non-hydrogen) atoms. The summed E-state index contributed by atoms with van der Waals surface area (Å²) in [6, 6.07) is 5.46. The minimum atomic E-state index is -0.461. The van der Waals surface area contributed by atoms with E-state index in [-0.39, 0.29) is 0 Å². The van der Waals surface area contributed by atoms with Crippen molar-refractivity contribution in [1.82, 2.24) is 0 Å². The molecule has 0 fully saturated rings. The Morgan fingerprint density at radius 1 is 1.17 bits per heavy atom. The first-order valence-electron chi connectivity index (χ1n) is 6.28. The van der Waals surface area contributed by atoms with Crippen LogP contribution in [-0.2, 0) is 0 Å². The van der Waals surface area contributed by atoms with E-state index in [1.807, 2.05) is 6.07 Å². The highest BCUT2D eigenvalue weighted by Gasteiger charge is 2.18. The maximum atomic E-state index is 11.0. The maximum absolute atomic E-state index is 11.0. The van der Waals surface area contributed by atoms with Crippen LogP contribution in [0.1, 0.15) is 38.1 Å². The standard InChI is InChI=1S/C14H23N3O/c1-8(2)13(9(3)4)17-12-6-5-10(14(16)18)7-11(12)15/h5-9,13,17H,15H2,1-4H3,(H2,16,18). The summed E-state index contributed by atoms with van der Waals surface area (Å²) in [5, 5.41) is 3.44. The van der Waals surface area contributed by atoms with E-state index in [4.69, 9.17) is 11.5 Å². The number of rotatable bonds is 5. The molecule has 0 aliphatic rings. The molecule has 0 atom stereocenters. The first-order valence-corrected chi connectivity index (χ1v) is 6.28. The van der Waals surface area contributed by atoms with E-state index in [1.54, 1.807) is 12.1 Å². The summed E-state index contributed by atoms with van der Waals surface area (Å²) in [7, 11) is 0. The number of amides is 1. The van der Waals surface area contributed by atoms with Gasteiger partial charge in [-0.15, -0.1) is 0 Å². The normalized spacial score (nSPS) is 11.3. The van der Waals surface area contributed by atoms with Gasteiger partial charge in [-0.25, -0.2) is 0 Å². The molecule has 5 N–H and O–H groups in total. The lowest BCUT2D eigenvalue weighted by atomic mass is 9.93. The smallest absolute Gasteiger partial charge is 0.248 e. The summed E-state index contributed by atoms with van der Waals surface area (Å²) in [6.45, 7) is 8.69. The van der Waals surface area contributed by atoms with Gasteiger partial charge in [-0.3, -0.25) is 4.79 Å². The third-order valence-corrected chi connectivity index (χ3v) is 3.09. The van der Waals surface area contributed by atoms with E-state index in [9.17, 15) is 4.79 Å². The molecule has 0 heterocycles. The van der Waals surface area contributed by atoms with Gasteiger partial charge in [0.1, 0.15) is 0 Å². The van der Waals surface area contributed by atoms with Gasteiger partial charge in [-0.05, 0) is 30.0 Å². The summed E-state index contributed by atoms with van der Waals surface area (Å²) >= 11 is 0. The summed E-state index contributed by atoms with van der Waals surface area (Å²) in [5.74, 6) is 0.540. The van der Waals surface area contributed by atoms with Crippen molar-refractivity contribution in [2.45, 2.75) is 33.7 Å². The quantitative estimate of drug-likeness (QED) is 0.701. The zero-order valence-electron chi connectivity index (χ0n) is 11.5. The van der Waals surface area contributed by atoms with Gasteiger partial charge in [-0.2, -0.15) is 0 Å². The van der Waals surface area contributed by atoms with Crippen molar-refractivity contribution in [3.05, 3.63) is 23.8 Å². The van der Waals surface area contributed by atoms with Crippen LogP contribution in [-0.4, -0.2) is 11.9 Å². The molecule has 0 spiro atoms. The monoisotopic (exact) mass is 249 g/mol. The van der Waals surface area contributed by atoms with Crippen LogP contribution in [0.2, 0.25) is 0 Å². The molecule has 0 bridgehead atoms. The van der Waals surface area contributed by atoms with Crippen molar-refractivity contribution in [1.29, 1.82) is 0 Å². The van der Waals surface area contributed by atoms with Crippen molar-refractivity contribution in [3.8, 4) is 0 Å². The topological polar surface area (TPSA) is 81.1 Å². The molecular weight excluding hydrogens is 226 g/mol. The number of primary amides is 1. The highest BCUT2D eigenvalue weighted by molar-refractivity contribution is 5.94. The second-order valence-electron chi connectivity index (χ2n) is 5.32. The van der Waals surface area contributed by atoms with Gasteiger partial charge >= 0.3 is 0 Å². The molecule has 0 aliphatic heterocycles. The number of anilines is 2. The molecule has 4 nitrogen and oxygen atoms in total. The summed E-state index contributed by atoms with van der Waals surface area (Å²) in [5.41, 5.74) is 13.0. The molecule has 0 saturated heterocycles. The molecule has 0 saturated carbocycles. The highest BCUT2D eigenvalue weighted by Crippen LogP contribution is 2.24. The first kappa shape index (κ1) is 14.4. The summed E-state index contributed by atoms with van der Waals surface area (Å²) < 4.78 is 0. The van der Waals surface area contributed by atoms with E-state index in [0.29, 0.717) is 29.1 Å². The van der Waals surface area contributed by atoms with Crippen molar-refractivity contribution >= 4 is 17.3 Å². The van der Waals surface area contributed by atoms with E-state index >= 15 is 0 Å². The van der Waals surface area contributed by atoms with Crippen LogP contribution >= 0.6 is 0 Å². The lowest BCUT2D eigenvalue weighted by Crippen LogP contribution is -2.31. The van der Waals surface area contributed by atoms with Gasteiger partial charge in [0.25, 0.3) is 0 Å². The maximum Gasteiger partial charge on any atom is 0.248 e. The number of hydrogen-bond donors (Lipinski definition) is 3. The van der Waals surface area contributed by atoms with Gasteiger partial charge in [0.2, 0.25) is 5.91 Å². The molecule has 4 heteroatoms. The number of nitrogen functional groups attached to an aromatic ring is 1. The zero-order valence-corrected chi connectivity index (χ0v) is 11.5. The predicted octanol–water partition coefficient (Wildman–Crippen LogP) is 2.46. The third kappa shape index (κ3) is 3.39. The van der Waals surface area contributed by atoms with Crippen LogP contribution in [0.25, 0.3) is 0 Å². The van der Waals surface area contributed by atoms with Crippen molar-refractivity contribution in [3.63, 3.8) is 0 Å². The predicted molar refractivity (Wildman–Crippen MR) is 76.5 cm³/mol. The average Bonchev–Trinajstić information content (AvgIpc) is 2.25. The molecular formula is C14H23N3O. The Morgan fingerprint density at radius 3 is 2.11 bits per heavy atom. The van der Waals surface area contributed by atoms with Gasteiger partial charge in [0.15, 0.2) is 0 Å². The van der Waals surface area contributed by atoms with Gasteiger partial charge in [-0.1, -0.05) is 27.7 Å². The van der Waals surface area contributed by atoms with Crippen molar-refractivity contribution in [2.24, 2.45) is 17.6 Å². The van der Waals surface area contributed by atoms with E-state index in [0.717, 1.165) is 5.69 Å². The van der Waals surface area contributed by atoms with Crippen LogP contribution < -0.4 is 16.8 Å². The molecule has 1 aromatic carbocycles. The lowest BCUT2D eigenvalue weighted by molar-refractivity contribution is 0.100. The van der Waals surface area contributed by atoms with E-state index < -0.39 is 5.91 Å². The Bertz CT molecular complexity index is 419. The number of nitrogens with one attached hydrogen (secondary N) is 1. The second kappa shape index (κ2) is 5.76. The van der Waals surface area contributed by atoms with Crippen LogP contribution in [0, 0.1) is 11.8 Å². The second-order valence-corrected chi connectivity index (χ2v) is 5.32. The largest absolute Gasteiger partial charge is 0.397 e. The van der Waals surface area contributed by atoms with Gasteiger partial charge in [0.05, 0.1) is 11.4 Å².